The van der Waals surface area contributed by atoms with Gasteiger partial charge in [0, 0.05) is 18.2 Å². The molecule has 1 heterocycles. The van der Waals surface area contributed by atoms with Crippen LogP contribution in [0.5, 0.6) is 0 Å². The number of nitrogen functional groups attached to an aromatic ring is 1. The molecule has 0 aliphatic heterocycles. The van der Waals surface area contributed by atoms with Gasteiger partial charge in [0.15, 0.2) is 5.16 Å². The molecule has 2 rings (SSSR count). The van der Waals surface area contributed by atoms with E-state index in [4.69, 9.17) is 5.73 Å². The van der Waals surface area contributed by atoms with Gasteiger partial charge in [-0.25, -0.2) is 9.97 Å². The van der Waals surface area contributed by atoms with E-state index in [-0.39, 0.29) is 5.54 Å². The Kier molecular flexibility index (Phi) is 4.52. The number of anilines is 2. The van der Waals surface area contributed by atoms with E-state index in [9.17, 15) is 0 Å². The number of hydrogen-bond acceptors (Lipinski definition) is 6. The van der Waals surface area contributed by atoms with Gasteiger partial charge in [-0.15, -0.1) is 0 Å². The maximum Gasteiger partial charge on any atom is 0.191 e. The Morgan fingerprint density at radius 2 is 2.05 bits per heavy atom. The smallest absolute Gasteiger partial charge is 0.191 e. The highest BCUT2D eigenvalue weighted by molar-refractivity contribution is 7.98. The van der Waals surface area contributed by atoms with Crippen molar-refractivity contribution in [2.75, 3.05) is 37.9 Å². The summed E-state index contributed by atoms with van der Waals surface area (Å²) in [6.07, 6.45) is 7.05. The lowest BCUT2D eigenvalue weighted by Crippen LogP contribution is -2.47. The van der Waals surface area contributed by atoms with Gasteiger partial charge >= 0.3 is 0 Å². The van der Waals surface area contributed by atoms with Crippen LogP contribution in [0.25, 0.3) is 0 Å². The van der Waals surface area contributed by atoms with E-state index < -0.39 is 0 Å². The summed E-state index contributed by atoms with van der Waals surface area (Å²) >= 11 is 1.51. The number of nitrogens with zero attached hydrogens (tertiary/aromatic N) is 3. The number of likely N-dealkylation sites (N-methyl/N-ethyl adjacent to an activating group) is 1. The third-order valence-corrected chi connectivity index (χ3v) is 4.54. The average Bonchev–Trinajstić information content (AvgIpc) is 2.86. The standard InChI is InChI=1S/C13H23N5S/c1-18(2)13(6-4-5-7-13)9-15-11-8-10(14)16-12(17-11)19-3/h8H,4-7,9H2,1-3H3,(H3,14,15,16,17). The molecular weight excluding hydrogens is 258 g/mol. The van der Waals surface area contributed by atoms with Gasteiger partial charge in [0.25, 0.3) is 0 Å². The summed E-state index contributed by atoms with van der Waals surface area (Å²) in [5.74, 6) is 1.34. The molecule has 106 valence electrons. The highest BCUT2D eigenvalue weighted by Gasteiger charge is 2.35. The zero-order valence-electron chi connectivity index (χ0n) is 11.9. The fourth-order valence-corrected chi connectivity index (χ4v) is 3.08. The largest absolute Gasteiger partial charge is 0.383 e. The van der Waals surface area contributed by atoms with Crippen LogP contribution in [-0.4, -0.2) is 47.3 Å². The van der Waals surface area contributed by atoms with Crippen molar-refractivity contribution in [2.45, 2.75) is 36.4 Å². The molecule has 0 amide bonds. The van der Waals surface area contributed by atoms with E-state index in [1.54, 1.807) is 6.07 Å². The lowest BCUT2D eigenvalue weighted by molar-refractivity contribution is 0.172. The Morgan fingerprint density at radius 1 is 1.37 bits per heavy atom. The molecule has 0 bridgehead atoms. The summed E-state index contributed by atoms with van der Waals surface area (Å²) in [5, 5.41) is 4.15. The normalized spacial score (nSPS) is 17.9. The fraction of sp³-hybridized carbons (Fsp3) is 0.692. The topological polar surface area (TPSA) is 67.1 Å². The van der Waals surface area contributed by atoms with Crippen LogP contribution in [0, 0.1) is 0 Å². The molecule has 6 heteroatoms. The molecule has 1 fully saturated rings. The van der Waals surface area contributed by atoms with Crippen LogP contribution in [0.15, 0.2) is 11.2 Å². The van der Waals surface area contributed by atoms with Crippen LogP contribution in [0.4, 0.5) is 11.6 Å². The van der Waals surface area contributed by atoms with Crippen molar-refractivity contribution in [1.82, 2.24) is 14.9 Å². The number of aromatic nitrogens is 2. The average molecular weight is 281 g/mol. The number of thioether (sulfide) groups is 1. The first-order valence-corrected chi connectivity index (χ1v) is 7.88. The van der Waals surface area contributed by atoms with Crippen molar-refractivity contribution < 1.29 is 0 Å². The van der Waals surface area contributed by atoms with Crippen LogP contribution in [0.3, 0.4) is 0 Å². The fourth-order valence-electron chi connectivity index (χ4n) is 2.70. The summed E-state index contributed by atoms with van der Waals surface area (Å²) in [7, 11) is 4.32. The SMILES string of the molecule is CSc1nc(N)cc(NCC2(N(C)C)CCCC2)n1. The van der Waals surface area contributed by atoms with Gasteiger partial charge in [-0.3, -0.25) is 0 Å². The Labute approximate surface area is 119 Å². The highest BCUT2D eigenvalue weighted by atomic mass is 32.2. The maximum atomic E-state index is 5.80. The summed E-state index contributed by atoms with van der Waals surface area (Å²) in [4.78, 5) is 10.9. The van der Waals surface area contributed by atoms with Crippen molar-refractivity contribution in [3.63, 3.8) is 0 Å². The molecule has 0 saturated heterocycles. The number of nitrogens with one attached hydrogen (secondary N) is 1. The number of rotatable bonds is 5. The molecule has 1 aromatic heterocycles. The predicted molar refractivity (Wildman–Crippen MR) is 81.6 cm³/mol. The lowest BCUT2D eigenvalue weighted by atomic mass is 9.96. The second kappa shape index (κ2) is 5.96. The summed E-state index contributed by atoms with van der Waals surface area (Å²) in [6.45, 7) is 0.907. The van der Waals surface area contributed by atoms with E-state index in [0.29, 0.717) is 11.0 Å². The summed E-state index contributed by atoms with van der Waals surface area (Å²) < 4.78 is 0. The second-order valence-electron chi connectivity index (χ2n) is 5.34. The third-order valence-electron chi connectivity index (χ3n) is 3.99. The van der Waals surface area contributed by atoms with E-state index in [1.165, 1.54) is 37.4 Å². The molecule has 0 unspecified atom stereocenters. The molecule has 1 saturated carbocycles. The monoisotopic (exact) mass is 281 g/mol. The first-order chi connectivity index (χ1) is 9.05. The molecule has 5 nitrogen and oxygen atoms in total. The Morgan fingerprint density at radius 3 is 2.63 bits per heavy atom. The predicted octanol–water partition coefficient (Wildman–Crippen LogP) is 2.07. The van der Waals surface area contributed by atoms with Crippen molar-refractivity contribution in [2.24, 2.45) is 0 Å². The third kappa shape index (κ3) is 3.30. The van der Waals surface area contributed by atoms with Crippen molar-refractivity contribution >= 4 is 23.4 Å². The first kappa shape index (κ1) is 14.4. The van der Waals surface area contributed by atoms with Crippen LogP contribution < -0.4 is 11.1 Å². The van der Waals surface area contributed by atoms with Crippen LogP contribution in [-0.2, 0) is 0 Å². The van der Waals surface area contributed by atoms with Gasteiger partial charge in [0.1, 0.15) is 11.6 Å². The minimum absolute atomic E-state index is 0.249. The Balaban J connectivity index is 2.07. The Bertz CT molecular complexity index is 429. The molecular formula is C13H23N5S. The van der Waals surface area contributed by atoms with Crippen LogP contribution in [0.1, 0.15) is 25.7 Å². The molecule has 0 radical (unpaired) electrons. The molecule has 1 aliphatic rings. The lowest BCUT2D eigenvalue weighted by Gasteiger charge is -2.36. The highest BCUT2D eigenvalue weighted by Crippen LogP contribution is 2.33. The molecule has 1 aromatic rings. The molecule has 0 atom stereocenters. The maximum absolute atomic E-state index is 5.80. The number of nitrogens with two attached hydrogens (primary N) is 1. The van der Waals surface area contributed by atoms with Gasteiger partial charge < -0.3 is 16.0 Å². The van der Waals surface area contributed by atoms with Crippen molar-refractivity contribution in [1.29, 1.82) is 0 Å². The van der Waals surface area contributed by atoms with Crippen molar-refractivity contribution in [3.8, 4) is 0 Å². The number of hydrogen-bond donors (Lipinski definition) is 2. The molecule has 19 heavy (non-hydrogen) atoms. The summed E-state index contributed by atoms with van der Waals surface area (Å²) in [5.41, 5.74) is 6.05. The van der Waals surface area contributed by atoms with Gasteiger partial charge in [0.2, 0.25) is 0 Å². The van der Waals surface area contributed by atoms with E-state index in [0.717, 1.165) is 12.4 Å². The van der Waals surface area contributed by atoms with Crippen molar-refractivity contribution in [3.05, 3.63) is 6.07 Å². The Hall–Kier alpha value is -1.01. The quantitative estimate of drug-likeness (QED) is 0.636. The first-order valence-electron chi connectivity index (χ1n) is 6.66. The van der Waals surface area contributed by atoms with E-state index in [2.05, 4.69) is 34.3 Å². The molecule has 1 aliphatic carbocycles. The minimum Gasteiger partial charge on any atom is -0.383 e. The van der Waals surface area contributed by atoms with Crippen LogP contribution >= 0.6 is 11.8 Å². The van der Waals surface area contributed by atoms with E-state index in [1.807, 2.05) is 6.26 Å². The molecule has 0 aromatic carbocycles. The van der Waals surface area contributed by atoms with Gasteiger partial charge in [0.05, 0.1) is 0 Å². The molecule has 3 N–H and O–H groups in total. The second-order valence-corrected chi connectivity index (χ2v) is 6.12. The summed E-state index contributed by atoms with van der Waals surface area (Å²) in [6, 6.07) is 1.80. The molecule has 0 spiro atoms. The zero-order valence-corrected chi connectivity index (χ0v) is 12.8. The minimum atomic E-state index is 0.249. The van der Waals surface area contributed by atoms with Crippen LogP contribution in [0.2, 0.25) is 0 Å². The van der Waals surface area contributed by atoms with E-state index >= 15 is 0 Å². The zero-order chi connectivity index (χ0) is 13.9. The van der Waals surface area contributed by atoms with Gasteiger partial charge in [-0.2, -0.15) is 0 Å². The van der Waals surface area contributed by atoms with Gasteiger partial charge in [-0.05, 0) is 33.2 Å². The van der Waals surface area contributed by atoms with Gasteiger partial charge in [-0.1, -0.05) is 24.6 Å².